The molecule has 3 rings (SSSR count). The van der Waals surface area contributed by atoms with E-state index in [1.165, 1.54) is 4.90 Å². The maximum atomic E-state index is 13.0. The number of carbonyl (C=O) groups excluding carboxylic acids is 1. The zero-order chi connectivity index (χ0) is 17.2. The first-order valence-corrected chi connectivity index (χ1v) is 8.55. The van der Waals surface area contributed by atoms with Gasteiger partial charge in [0.2, 0.25) is 0 Å². The Morgan fingerprint density at radius 3 is 2.50 bits per heavy atom. The first kappa shape index (κ1) is 16.9. The summed E-state index contributed by atoms with van der Waals surface area (Å²) in [5.74, 6) is -1.27. The van der Waals surface area contributed by atoms with Crippen LogP contribution in [0.3, 0.4) is 0 Å². The predicted octanol–water partition coefficient (Wildman–Crippen LogP) is 1.81. The van der Waals surface area contributed by atoms with Gasteiger partial charge in [0.25, 0.3) is 5.91 Å². The molecule has 0 aromatic heterocycles. The number of benzene rings is 1. The molecule has 2 saturated heterocycles. The summed E-state index contributed by atoms with van der Waals surface area (Å²) >= 11 is 0. The van der Waals surface area contributed by atoms with E-state index >= 15 is 0 Å². The van der Waals surface area contributed by atoms with Crippen LogP contribution in [0, 0.1) is 0 Å². The molecule has 0 unspecified atom stereocenters. The number of amides is 1. The molecule has 1 atom stereocenters. The third-order valence-corrected chi connectivity index (χ3v) is 4.96. The number of likely N-dealkylation sites (tertiary alicyclic amines) is 1. The number of carbonyl (C=O) groups is 2. The first-order chi connectivity index (χ1) is 11.6. The van der Waals surface area contributed by atoms with Gasteiger partial charge in [-0.15, -0.1) is 0 Å². The van der Waals surface area contributed by atoms with Crippen LogP contribution in [0.2, 0.25) is 0 Å². The quantitative estimate of drug-likeness (QED) is 0.911. The molecule has 24 heavy (non-hydrogen) atoms. The first-order valence-electron chi connectivity index (χ1n) is 8.55. The number of rotatable bonds is 4. The van der Waals surface area contributed by atoms with Gasteiger partial charge in [-0.3, -0.25) is 9.69 Å². The summed E-state index contributed by atoms with van der Waals surface area (Å²) in [7, 11) is 0. The standard InChI is InChI=1S/C18H24N2O4/c1-2-10-19-11-8-18(9-12-19)20(15(13-24-18)17(22)23)16(21)14-6-4-3-5-7-14/h3-7,15H,2,8-13H2,1H3,(H,22,23)/t15-/m0/s1. The summed E-state index contributed by atoms with van der Waals surface area (Å²) in [6.07, 6.45) is 2.38. The fourth-order valence-electron chi connectivity index (χ4n) is 3.72. The molecule has 2 aliphatic heterocycles. The molecule has 1 aromatic carbocycles. The van der Waals surface area contributed by atoms with Gasteiger partial charge in [-0.2, -0.15) is 0 Å². The molecule has 1 N–H and O–H groups in total. The van der Waals surface area contributed by atoms with Crippen LogP contribution in [0.25, 0.3) is 0 Å². The highest BCUT2D eigenvalue weighted by atomic mass is 16.5. The van der Waals surface area contributed by atoms with E-state index in [2.05, 4.69) is 11.8 Å². The van der Waals surface area contributed by atoms with Gasteiger partial charge >= 0.3 is 5.97 Å². The third-order valence-electron chi connectivity index (χ3n) is 4.96. The van der Waals surface area contributed by atoms with Gasteiger partial charge in [-0.05, 0) is 25.1 Å². The van der Waals surface area contributed by atoms with Crippen molar-refractivity contribution < 1.29 is 19.4 Å². The summed E-state index contributed by atoms with van der Waals surface area (Å²) in [6.45, 7) is 4.85. The van der Waals surface area contributed by atoms with Crippen molar-refractivity contribution in [2.24, 2.45) is 0 Å². The number of piperidine rings is 1. The van der Waals surface area contributed by atoms with Crippen molar-refractivity contribution in [3.05, 3.63) is 35.9 Å². The number of ether oxygens (including phenoxy) is 1. The smallest absolute Gasteiger partial charge is 0.328 e. The van der Waals surface area contributed by atoms with Crippen molar-refractivity contribution >= 4 is 11.9 Å². The second kappa shape index (κ2) is 6.91. The van der Waals surface area contributed by atoms with Crippen LogP contribution < -0.4 is 0 Å². The molecule has 0 radical (unpaired) electrons. The Morgan fingerprint density at radius 1 is 1.25 bits per heavy atom. The molecule has 2 aliphatic rings. The Morgan fingerprint density at radius 2 is 1.92 bits per heavy atom. The van der Waals surface area contributed by atoms with Crippen LogP contribution in [-0.2, 0) is 9.53 Å². The number of nitrogens with zero attached hydrogens (tertiary/aromatic N) is 2. The molecule has 6 heteroatoms. The van der Waals surface area contributed by atoms with Crippen LogP contribution in [0.15, 0.2) is 30.3 Å². The molecular formula is C18H24N2O4. The minimum atomic E-state index is -1.01. The minimum Gasteiger partial charge on any atom is -0.480 e. The summed E-state index contributed by atoms with van der Waals surface area (Å²) in [5, 5.41) is 9.55. The fraction of sp³-hybridized carbons (Fsp3) is 0.556. The fourth-order valence-corrected chi connectivity index (χ4v) is 3.72. The lowest BCUT2D eigenvalue weighted by atomic mass is 9.96. The SMILES string of the molecule is CCCN1CCC2(CC1)OC[C@@H](C(=O)O)N2C(=O)c1ccccc1. The van der Waals surface area contributed by atoms with E-state index in [1.54, 1.807) is 24.3 Å². The van der Waals surface area contributed by atoms with Crippen molar-refractivity contribution in [3.63, 3.8) is 0 Å². The van der Waals surface area contributed by atoms with Gasteiger partial charge < -0.3 is 14.7 Å². The van der Waals surface area contributed by atoms with Gasteiger partial charge in [-0.1, -0.05) is 25.1 Å². The number of carboxylic acids is 1. The Kier molecular flexibility index (Phi) is 4.87. The molecular weight excluding hydrogens is 308 g/mol. The molecule has 2 heterocycles. The maximum absolute atomic E-state index is 13.0. The van der Waals surface area contributed by atoms with Crippen molar-refractivity contribution in [1.82, 2.24) is 9.80 Å². The molecule has 0 bridgehead atoms. The highest BCUT2D eigenvalue weighted by molar-refractivity contribution is 5.97. The van der Waals surface area contributed by atoms with Crippen LogP contribution in [0.5, 0.6) is 0 Å². The highest BCUT2D eigenvalue weighted by Gasteiger charge is 2.53. The Bertz CT molecular complexity index is 596. The summed E-state index contributed by atoms with van der Waals surface area (Å²) in [6, 6.07) is 7.94. The molecule has 6 nitrogen and oxygen atoms in total. The zero-order valence-corrected chi connectivity index (χ0v) is 14.0. The van der Waals surface area contributed by atoms with Crippen molar-refractivity contribution in [1.29, 1.82) is 0 Å². The van der Waals surface area contributed by atoms with Gasteiger partial charge in [-0.25, -0.2) is 4.79 Å². The Hall–Kier alpha value is -1.92. The Labute approximate surface area is 142 Å². The number of hydrogen-bond donors (Lipinski definition) is 1. The normalized spacial score (nSPS) is 23.5. The monoisotopic (exact) mass is 332 g/mol. The average molecular weight is 332 g/mol. The number of hydrogen-bond acceptors (Lipinski definition) is 4. The molecule has 0 saturated carbocycles. The van der Waals surface area contributed by atoms with E-state index in [4.69, 9.17) is 4.74 Å². The lowest BCUT2D eigenvalue weighted by Crippen LogP contribution is -2.58. The second-order valence-electron chi connectivity index (χ2n) is 6.49. The summed E-state index contributed by atoms with van der Waals surface area (Å²) < 4.78 is 5.93. The van der Waals surface area contributed by atoms with E-state index in [1.807, 2.05) is 6.07 Å². The van der Waals surface area contributed by atoms with Crippen LogP contribution in [0.4, 0.5) is 0 Å². The molecule has 1 spiro atoms. The van der Waals surface area contributed by atoms with Crippen molar-refractivity contribution in [2.75, 3.05) is 26.2 Å². The molecule has 1 aromatic rings. The van der Waals surface area contributed by atoms with Gasteiger partial charge in [0.1, 0.15) is 5.72 Å². The highest BCUT2D eigenvalue weighted by Crippen LogP contribution is 2.38. The summed E-state index contributed by atoms with van der Waals surface area (Å²) in [4.78, 5) is 28.5. The summed E-state index contributed by atoms with van der Waals surface area (Å²) in [5.41, 5.74) is -0.287. The van der Waals surface area contributed by atoms with E-state index < -0.39 is 17.7 Å². The van der Waals surface area contributed by atoms with Crippen molar-refractivity contribution in [2.45, 2.75) is 38.0 Å². The van der Waals surface area contributed by atoms with Gasteiger partial charge in [0.15, 0.2) is 6.04 Å². The van der Waals surface area contributed by atoms with Gasteiger partial charge in [0.05, 0.1) is 6.61 Å². The molecule has 130 valence electrons. The Balaban J connectivity index is 1.86. The minimum absolute atomic E-state index is 0.0572. The van der Waals surface area contributed by atoms with Crippen LogP contribution in [0.1, 0.15) is 36.5 Å². The van der Waals surface area contributed by atoms with E-state index in [-0.39, 0.29) is 12.5 Å². The molecule has 1 amide bonds. The zero-order valence-electron chi connectivity index (χ0n) is 14.0. The largest absolute Gasteiger partial charge is 0.480 e. The molecule has 2 fully saturated rings. The van der Waals surface area contributed by atoms with E-state index in [9.17, 15) is 14.7 Å². The molecule has 0 aliphatic carbocycles. The van der Waals surface area contributed by atoms with Crippen LogP contribution in [-0.4, -0.2) is 64.8 Å². The van der Waals surface area contributed by atoms with Crippen molar-refractivity contribution in [3.8, 4) is 0 Å². The maximum Gasteiger partial charge on any atom is 0.328 e. The van der Waals surface area contributed by atoms with Gasteiger partial charge in [0, 0.05) is 31.5 Å². The third kappa shape index (κ3) is 3.03. The number of aliphatic carboxylic acids is 1. The lowest BCUT2D eigenvalue weighted by molar-refractivity contribution is -0.143. The number of carboxylic acid groups (broad SMARTS) is 1. The predicted molar refractivity (Wildman–Crippen MR) is 88.7 cm³/mol. The topological polar surface area (TPSA) is 70.1 Å². The lowest BCUT2D eigenvalue weighted by Gasteiger charge is -2.44. The second-order valence-corrected chi connectivity index (χ2v) is 6.49. The average Bonchev–Trinajstić information content (AvgIpc) is 2.97. The van der Waals surface area contributed by atoms with E-state index in [0.717, 1.165) is 26.1 Å². The van der Waals surface area contributed by atoms with Crippen LogP contribution >= 0.6 is 0 Å². The van der Waals surface area contributed by atoms with E-state index in [0.29, 0.717) is 18.4 Å².